The van der Waals surface area contributed by atoms with Gasteiger partial charge in [0.2, 0.25) is 0 Å². The van der Waals surface area contributed by atoms with Crippen molar-refractivity contribution in [1.29, 1.82) is 0 Å². The zero-order valence-electron chi connectivity index (χ0n) is 8.36. The van der Waals surface area contributed by atoms with Crippen molar-refractivity contribution in [1.82, 2.24) is 9.38 Å². The summed E-state index contributed by atoms with van der Waals surface area (Å²) in [4.78, 5) is 14.6. The molecule has 0 saturated carbocycles. The zero-order chi connectivity index (χ0) is 10.3. The van der Waals surface area contributed by atoms with Crippen LogP contribution in [0.5, 0.6) is 0 Å². The second-order valence-electron chi connectivity index (χ2n) is 3.92. The Kier molecular flexibility index (Phi) is 1.78. The van der Waals surface area contributed by atoms with E-state index in [0.29, 0.717) is 5.52 Å². The van der Waals surface area contributed by atoms with Crippen LogP contribution in [0.1, 0.15) is 25.0 Å². The van der Waals surface area contributed by atoms with E-state index in [2.05, 4.69) is 11.1 Å². The Hall–Kier alpha value is -1.77. The summed E-state index contributed by atoms with van der Waals surface area (Å²) in [5.41, 5.74) is 2.92. The molecule has 1 N–H and O–H groups in total. The van der Waals surface area contributed by atoms with Gasteiger partial charge in [-0.2, -0.15) is 0 Å². The van der Waals surface area contributed by atoms with Crippen LogP contribution in [0.4, 0.5) is 0 Å². The Labute approximate surface area is 87.1 Å². The maximum atomic E-state index is 11.7. The lowest BCUT2D eigenvalue weighted by atomic mass is 10.2. The van der Waals surface area contributed by atoms with Gasteiger partial charge in [-0.25, -0.2) is 0 Å². The number of fused-ring (bicyclic) bond motifs is 1. The molecule has 0 spiro atoms. The van der Waals surface area contributed by atoms with Crippen molar-refractivity contribution in [3.63, 3.8) is 0 Å². The Morgan fingerprint density at radius 2 is 2.33 bits per heavy atom. The first kappa shape index (κ1) is 8.53. The molecule has 2 heterocycles. The standard InChI is InChI=1S/C12H12N2O/c15-12-11-6-3-7-14(11)8-10(13-12)9-4-1-2-5-9/h3-4,6-8H,1-2,5H2,(H,13,15). The molecular formula is C12H12N2O. The molecule has 0 amide bonds. The summed E-state index contributed by atoms with van der Waals surface area (Å²) in [6.45, 7) is 0. The number of allylic oxidation sites excluding steroid dienone is 2. The lowest BCUT2D eigenvalue weighted by molar-refractivity contribution is 0.930. The molecule has 0 atom stereocenters. The van der Waals surface area contributed by atoms with Gasteiger partial charge in [0.1, 0.15) is 5.52 Å². The van der Waals surface area contributed by atoms with Gasteiger partial charge in [-0.15, -0.1) is 0 Å². The highest BCUT2D eigenvalue weighted by Crippen LogP contribution is 2.25. The molecule has 76 valence electrons. The van der Waals surface area contributed by atoms with Gasteiger partial charge >= 0.3 is 0 Å². The average molecular weight is 200 g/mol. The summed E-state index contributed by atoms with van der Waals surface area (Å²) >= 11 is 0. The summed E-state index contributed by atoms with van der Waals surface area (Å²) in [6.07, 6.45) is 9.50. The summed E-state index contributed by atoms with van der Waals surface area (Å²) in [6, 6.07) is 3.71. The predicted octanol–water partition coefficient (Wildman–Crippen LogP) is 2.19. The van der Waals surface area contributed by atoms with Crippen LogP contribution in [0, 0.1) is 0 Å². The molecule has 1 aliphatic carbocycles. The second kappa shape index (κ2) is 3.12. The molecule has 0 aliphatic heterocycles. The first-order valence-electron chi connectivity index (χ1n) is 5.24. The third-order valence-electron chi connectivity index (χ3n) is 2.91. The van der Waals surface area contributed by atoms with Crippen LogP contribution in [0.3, 0.4) is 0 Å². The van der Waals surface area contributed by atoms with Gasteiger partial charge in [0.25, 0.3) is 5.56 Å². The number of H-pyrrole nitrogens is 1. The van der Waals surface area contributed by atoms with Gasteiger partial charge in [-0.1, -0.05) is 6.08 Å². The lowest BCUT2D eigenvalue weighted by Crippen LogP contribution is -2.11. The highest BCUT2D eigenvalue weighted by molar-refractivity contribution is 5.64. The van der Waals surface area contributed by atoms with Crippen LogP contribution in [0.15, 0.2) is 35.4 Å². The molecule has 1 aliphatic rings. The Balaban J connectivity index is 2.24. The van der Waals surface area contributed by atoms with E-state index >= 15 is 0 Å². The number of rotatable bonds is 1. The van der Waals surface area contributed by atoms with Gasteiger partial charge in [0, 0.05) is 12.4 Å². The number of aromatic amines is 1. The van der Waals surface area contributed by atoms with E-state index in [1.54, 1.807) is 0 Å². The summed E-state index contributed by atoms with van der Waals surface area (Å²) in [5, 5.41) is 0. The molecule has 3 heteroatoms. The number of hydrogen-bond acceptors (Lipinski definition) is 1. The minimum absolute atomic E-state index is 0.00898. The quantitative estimate of drug-likeness (QED) is 0.752. The Morgan fingerprint density at radius 3 is 3.13 bits per heavy atom. The van der Waals surface area contributed by atoms with E-state index < -0.39 is 0 Å². The van der Waals surface area contributed by atoms with Crippen molar-refractivity contribution in [3.05, 3.63) is 46.7 Å². The average Bonchev–Trinajstić information content (AvgIpc) is 2.88. The third-order valence-corrected chi connectivity index (χ3v) is 2.91. The summed E-state index contributed by atoms with van der Waals surface area (Å²) in [7, 11) is 0. The van der Waals surface area contributed by atoms with Crippen molar-refractivity contribution in [2.45, 2.75) is 19.3 Å². The van der Waals surface area contributed by atoms with Crippen LogP contribution in [-0.4, -0.2) is 9.38 Å². The first-order valence-corrected chi connectivity index (χ1v) is 5.24. The van der Waals surface area contributed by atoms with Gasteiger partial charge < -0.3 is 9.38 Å². The zero-order valence-corrected chi connectivity index (χ0v) is 8.36. The monoisotopic (exact) mass is 200 g/mol. The van der Waals surface area contributed by atoms with E-state index in [0.717, 1.165) is 18.5 Å². The maximum absolute atomic E-state index is 11.7. The van der Waals surface area contributed by atoms with Crippen LogP contribution in [0.25, 0.3) is 11.1 Å². The fourth-order valence-corrected chi connectivity index (χ4v) is 2.14. The molecule has 3 rings (SSSR count). The van der Waals surface area contributed by atoms with Crippen molar-refractivity contribution in [3.8, 4) is 0 Å². The summed E-state index contributed by atoms with van der Waals surface area (Å²) < 4.78 is 1.88. The van der Waals surface area contributed by atoms with E-state index in [1.807, 2.05) is 28.9 Å². The molecule has 3 nitrogen and oxygen atoms in total. The molecular weight excluding hydrogens is 188 g/mol. The van der Waals surface area contributed by atoms with E-state index in [-0.39, 0.29) is 5.56 Å². The fourth-order valence-electron chi connectivity index (χ4n) is 2.14. The number of hydrogen-bond donors (Lipinski definition) is 1. The van der Waals surface area contributed by atoms with Crippen molar-refractivity contribution in [2.75, 3.05) is 0 Å². The van der Waals surface area contributed by atoms with Crippen molar-refractivity contribution in [2.24, 2.45) is 0 Å². The van der Waals surface area contributed by atoms with E-state index in [1.165, 1.54) is 12.0 Å². The molecule has 0 saturated heterocycles. The van der Waals surface area contributed by atoms with Crippen LogP contribution in [-0.2, 0) is 0 Å². The Bertz CT molecular complexity index is 589. The molecule has 0 radical (unpaired) electrons. The topological polar surface area (TPSA) is 37.3 Å². The van der Waals surface area contributed by atoms with Gasteiger partial charge in [-0.3, -0.25) is 4.79 Å². The lowest BCUT2D eigenvalue weighted by Gasteiger charge is -2.03. The van der Waals surface area contributed by atoms with E-state index in [9.17, 15) is 4.79 Å². The highest BCUT2D eigenvalue weighted by atomic mass is 16.1. The molecule has 15 heavy (non-hydrogen) atoms. The van der Waals surface area contributed by atoms with E-state index in [4.69, 9.17) is 0 Å². The maximum Gasteiger partial charge on any atom is 0.272 e. The molecule has 2 aromatic heterocycles. The molecule has 0 bridgehead atoms. The smallest absolute Gasteiger partial charge is 0.272 e. The summed E-state index contributed by atoms with van der Waals surface area (Å²) in [5.74, 6) is 0. The van der Waals surface area contributed by atoms with Crippen LogP contribution in [0.2, 0.25) is 0 Å². The third kappa shape index (κ3) is 1.31. The van der Waals surface area contributed by atoms with Gasteiger partial charge in [-0.05, 0) is 37.0 Å². The number of nitrogens with zero attached hydrogens (tertiary/aromatic N) is 1. The highest BCUT2D eigenvalue weighted by Gasteiger charge is 2.09. The minimum Gasteiger partial charge on any atom is -0.319 e. The number of nitrogens with one attached hydrogen (secondary N) is 1. The van der Waals surface area contributed by atoms with Gasteiger partial charge in [0.15, 0.2) is 0 Å². The van der Waals surface area contributed by atoms with Crippen molar-refractivity contribution >= 4 is 11.1 Å². The van der Waals surface area contributed by atoms with Crippen molar-refractivity contribution < 1.29 is 0 Å². The van der Waals surface area contributed by atoms with Crippen LogP contribution >= 0.6 is 0 Å². The molecule has 0 aromatic carbocycles. The molecule has 0 unspecified atom stereocenters. The fraction of sp³-hybridized carbons (Fsp3) is 0.250. The minimum atomic E-state index is -0.00898. The Morgan fingerprint density at radius 1 is 1.40 bits per heavy atom. The van der Waals surface area contributed by atoms with Crippen LogP contribution < -0.4 is 5.56 Å². The first-order chi connectivity index (χ1) is 7.34. The largest absolute Gasteiger partial charge is 0.319 e. The molecule has 0 fully saturated rings. The SMILES string of the molecule is O=c1[nH]c(C2=CCCC2)cn2cccc12. The number of aromatic nitrogens is 2. The molecule has 2 aromatic rings. The second-order valence-corrected chi connectivity index (χ2v) is 3.92. The predicted molar refractivity (Wildman–Crippen MR) is 59.8 cm³/mol. The normalized spacial score (nSPS) is 15.9. The van der Waals surface area contributed by atoms with Gasteiger partial charge in [0.05, 0.1) is 5.69 Å².